The molecule has 4 rings (SSSR count). The quantitative estimate of drug-likeness (QED) is 0.655. The molecule has 1 nitrogen and oxygen atoms in total. The highest BCUT2D eigenvalue weighted by atomic mass is 35.5. The molecule has 3 aromatic carbocycles. The molecule has 3 aromatic rings. The van der Waals surface area contributed by atoms with Crippen LogP contribution in [0.3, 0.4) is 0 Å². The van der Waals surface area contributed by atoms with E-state index >= 15 is 0 Å². The average Bonchev–Trinajstić information content (AvgIpc) is 2.85. The zero-order valence-corrected chi connectivity index (χ0v) is 12.1. The van der Waals surface area contributed by atoms with Crippen LogP contribution in [-0.4, -0.2) is 0 Å². The monoisotopic (exact) mass is 291 g/mol. The highest BCUT2D eigenvalue weighted by molar-refractivity contribution is 6.33. The third kappa shape index (κ3) is 2.01. The van der Waals surface area contributed by atoms with Crippen molar-refractivity contribution in [3.63, 3.8) is 0 Å². The normalized spacial score (nSPS) is 12.8. The van der Waals surface area contributed by atoms with Crippen molar-refractivity contribution in [1.29, 1.82) is 0 Å². The van der Waals surface area contributed by atoms with Gasteiger partial charge in [0, 0.05) is 0 Å². The van der Waals surface area contributed by atoms with E-state index in [2.05, 4.69) is 53.8 Å². The first-order chi connectivity index (χ1) is 10.3. The standard InChI is InChI=1S/C19H14ClN/c20-17-11-5-6-12-18(17)21-19-15-9-3-1-7-13(15)14-8-2-4-10-16(14)19/h1-12,19,21H. The number of fused-ring (bicyclic) bond motifs is 3. The molecule has 2 heteroatoms. The van der Waals surface area contributed by atoms with Gasteiger partial charge in [0.05, 0.1) is 16.8 Å². The van der Waals surface area contributed by atoms with Crippen LogP contribution in [-0.2, 0) is 0 Å². The van der Waals surface area contributed by atoms with Crippen LogP contribution in [0.5, 0.6) is 0 Å². The fraction of sp³-hybridized carbons (Fsp3) is 0.0526. The molecule has 102 valence electrons. The first kappa shape index (κ1) is 12.5. The minimum atomic E-state index is 0.150. The first-order valence-corrected chi connectivity index (χ1v) is 7.42. The van der Waals surface area contributed by atoms with Crippen LogP contribution in [0.2, 0.25) is 5.02 Å². The Balaban J connectivity index is 1.84. The van der Waals surface area contributed by atoms with Crippen LogP contribution in [0.1, 0.15) is 17.2 Å². The van der Waals surface area contributed by atoms with E-state index in [1.54, 1.807) is 0 Å². The van der Waals surface area contributed by atoms with Gasteiger partial charge < -0.3 is 5.32 Å². The Morgan fingerprint density at radius 2 is 1.19 bits per heavy atom. The smallest absolute Gasteiger partial charge is 0.0780 e. The third-order valence-electron chi connectivity index (χ3n) is 4.01. The molecule has 0 amide bonds. The summed E-state index contributed by atoms with van der Waals surface area (Å²) in [5.74, 6) is 0. The summed E-state index contributed by atoms with van der Waals surface area (Å²) in [6.07, 6.45) is 0. The minimum absolute atomic E-state index is 0.150. The van der Waals surface area contributed by atoms with Crippen molar-refractivity contribution in [3.05, 3.63) is 88.9 Å². The number of halogens is 1. The highest BCUT2D eigenvalue weighted by Crippen LogP contribution is 2.45. The van der Waals surface area contributed by atoms with Gasteiger partial charge in [-0.15, -0.1) is 0 Å². The Bertz CT molecular complexity index is 764. The molecule has 0 saturated carbocycles. The summed E-state index contributed by atoms with van der Waals surface area (Å²) in [5, 5.41) is 4.34. The lowest BCUT2D eigenvalue weighted by Crippen LogP contribution is -2.09. The summed E-state index contributed by atoms with van der Waals surface area (Å²) in [4.78, 5) is 0. The molecule has 0 aliphatic heterocycles. The van der Waals surface area contributed by atoms with E-state index in [-0.39, 0.29) is 6.04 Å². The summed E-state index contributed by atoms with van der Waals surface area (Å²) >= 11 is 6.29. The van der Waals surface area contributed by atoms with Crippen LogP contribution >= 0.6 is 11.6 Å². The number of hydrogen-bond donors (Lipinski definition) is 1. The maximum atomic E-state index is 6.29. The molecule has 0 heterocycles. The molecule has 21 heavy (non-hydrogen) atoms. The minimum Gasteiger partial charge on any atom is -0.373 e. The van der Waals surface area contributed by atoms with Crippen molar-refractivity contribution in [2.75, 3.05) is 5.32 Å². The van der Waals surface area contributed by atoms with Gasteiger partial charge in [0.1, 0.15) is 0 Å². The van der Waals surface area contributed by atoms with E-state index in [1.165, 1.54) is 22.3 Å². The molecule has 0 atom stereocenters. The van der Waals surface area contributed by atoms with Crippen molar-refractivity contribution in [2.24, 2.45) is 0 Å². The molecule has 1 N–H and O–H groups in total. The number of hydrogen-bond acceptors (Lipinski definition) is 1. The van der Waals surface area contributed by atoms with Gasteiger partial charge in [-0.25, -0.2) is 0 Å². The maximum Gasteiger partial charge on any atom is 0.0780 e. The van der Waals surface area contributed by atoms with Gasteiger partial charge >= 0.3 is 0 Å². The molecular weight excluding hydrogens is 278 g/mol. The zero-order valence-electron chi connectivity index (χ0n) is 11.4. The Labute approximate surface area is 129 Å². The molecule has 1 aliphatic rings. The van der Waals surface area contributed by atoms with Gasteiger partial charge in [-0.05, 0) is 34.4 Å². The Morgan fingerprint density at radius 1 is 0.667 bits per heavy atom. The molecule has 0 spiro atoms. The highest BCUT2D eigenvalue weighted by Gasteiger charge is 2.28. The number of anilines is 1. The molecule has 1 aliphatic carbocycles. The van der Waals surface area contributed by atoms with Gasteiger partial charge in [-0.2, -0.15) is 0 Å². The van der Waals surface area contributed by atoms with Crippen molar-refractivity contribution >= 4 is 17.3 Å². The van der Waals surface area contributed by atoms with E-state index in [4.69, 9.17) is 11.6 Å². The second-order valence-electron chi connectivity index (χ2n) is 5.23. The molecule has 0 fully saturated rings. The first-order valence-electron chi connectivity index (χ1n) is 7.04. The van der Waals surface area contributed by atoms with Crippen LogP contribution in [0.15, 0.2) is 72.8 Å². The Kier molecular flexibility index (Phi) is 2.94. The van der Waals surface area contributed by atoms with Crippen molar-refractivity contribution in [2.45, 2.75) is 6.04 Å². The van der Waals surface area contributed by atoms with E-state index in [1.807, 2.05) is 24.3 Å². The second kappa shape index (κ2) is 4.94. The summed E-state index contributed by atoms with van der Waals surface area (Å²) < 4.78 is 0. The fourth-order valence-electron chi connectivity index (χ4n) is 3.04. The maximum absolute atomic E-state index is 6.29. The average molecular weight is 292 g/mol. The lowest BCUT2D eigenvalue weighted by Gasteiger charge is -2.18. The Hall–Kier alpha value is -2.25. The van der Waals surface area contributed by atoms with Crippen molar-refractivity contribution in [3.8, 4) is 11.1 Å². The van der Waals surface area contributed by atoms with Gasteiger partial charge in [0.15, 0.2) is 0 Å². The van der Waals surface area contributed by atoms with Crippen molar-refractivity contribution < 1.29 is 0 Å². The Morgan fingerprint density at radius 3 is 1.81 bits per heavy atom. The summed E-state index contributed by atoms with van der Waals surface area (Å²) in [6, 6.07) is 25.1. The lowest BCUT2D eigenvalue weighted by atomic mass is 10.1. The second-order valence-corrected chi connectivity index (χ2v) is 5.64. The molecule has 0 aromatic heterocycles. The van der Waals surface area contributed by atoms with E-state index in [0.717, 1.165) is 10.7 Å². The molecular formula is C19H14ClN. The van der Waals surface area contributed by atoms with E-state index in [0.29, 0.717) is 0 Å². The van der Waals surface area contributed by atoms with E-state index < -0.39 is 0 Å². The number of rotatable bonds is 2. The molecule has 0 unspecified atom stereocenters. The number of benzene rings is 3. The molecule has 0 saturated heterocycles. The van der Waals surface area contributed by atoms with Gasteiger partial charge in [-0.1, -0.05) is 72.3 Å². The predicted molar refractivity (Wildman–Crippen MR) is 88.8 cm³/mol. The lowest BCUT2D eigenvalue weighted by molar-refractivity contribution is 0.974. The number of para-hydroxylation sites is 1. The van der Waals surface area contributed by atoms with Gasteiger partial charge in [0.2, 0.25) is 0 Å². The molecule has 0 bridgehead atoms. The summed E-state index contributed by atoms with van der Waals surface area (Å²) in [5.41, 5.74) is 6.18. The van der Waals surface area contributed by atoms with Crippen LogP contribution < -0.4 is 5.32 Å². The fourth-order valence-corrected chi connectivity index (χ4v) is 3.24. The summed E-state index contributed by atoms with van der Waals surface area (Å²) in [6.45, 7) is 0. The van der Waals surface area contributed by atoms with Crippen molar-refractivity contribution in [1.82, 2.24) is 0 Å². The van der Waals surface area contributed by atoms with E-state index in [9.17, 15) is 0 Å². The summed E-state index contributed by atoms with van der Waals surface area (Å²) in [7, 11) is 0. The van der Waals surface area contributed by atoms with Crippen LogP contribution in [0.4, 0.5) is 5.69 Å². The largest absolute Gasteiger partial charge is 0.373 e. The topological polar surface area (TPSA) is 12.0 Å². The third-order valence-corrected chi connectivity index (χ3v) is 4.34. The van der Waals surface area contributed by atoms with Crippen LogP contribution in [0.25, 0.3) is 11.1 Å². The van der Waals surface area contributed by atoms with Gasteiger partial charge in [-0.3, -0.25) is 0 Å². The van der Waals surface area contributed by atoms with Gasteiger partial charge in [0.25, 0.3) is 0 Å². The predicted octanol–water partition coefficient (Wildman–Crippen LogP) is 5.52. The SMILES string of the molecule is Clc1ccccc1NC1c2ccccc2-c2ccccc21. The zero-order chi connectivity index (χ0) is 14.2. The number of nitrogens with one attached hydrogen (secondary N) is 1. The molecule has 0 radical (unpaired) electrons. The van der Waals surface area contributed by atoms with Crippen LogP contribution in [0, 0.1) is 0 Å².